The Morgan fingerprint density at radius 1 is 0.818 bits per heavy atom. The predicted octanol–water partition coefficient (Wildman–Crippen LogP) is 1.28. The monoisotopic (exact) mass is 162 g/mol. The second-order valence-electron chi connectivity index (χ2n) is 2.78. The van der Waals surface area contributed by atoms with E-state index in [-0.39, 0.29) is 12.4 Å². The van der Waals surface area contributed by atoms with Gasteiger partial charge in [-0.05, 0) is 5.92 Å². The summed E-state index contributed by atoms with van der Waals surface area (Å²) in [6.45, 7) is 4.14. The number of hydrogen-bond acceptors (Lipinski definition) is 3. The van der Waals surface area contributed by atoms with E-state index in [1.165, 1.54) is 0 Å². The van der Waals surface area contributed by atoms with E-state index in [4.69, 9.17) is 14.2 Å². The van der Waals surface area contributed by atoms with Crippen molar-refractivity contribution in [3.63, 3.8) is 0 Å². The molecule has 0 heterocycles. The van der Waals surface area contributed by atoms with E-state index >= 15 is 0 Å². The van der Waals surface area contributed by atoms with Crippen LogP contribution in [-0.2, 0) is 14.2 Å². The van der Waals surface area contributed by atoms with E-state index in [1.807, 2.05) is 0 Å². The highest BCUT2D eigenvalue weighted by molar-refractivity contribution is 4.65. The summed E-state index contributed by atoms with van der Waals surface area (Å²) in [6, 6.07) is 0. The van der Waals surface area contributed by atoms with Crippen LogP contribution in [0, 0.1) is 5.92 Å². The molecule has 0 radical (unpaired) electrons. The fourth-order valence-electron chi connectivity index (χ4n) is 1.06. The highest BCUT2D eigenvalue weighted by Crippen LogP contribution is 2.12. The molecule has 0 aromatic rings. The first-order valence-electron chi connectivity index (χ1n) is 3.75. The van der Waals surface area contributed by atoms with Crippen LogP contribution in [0.1, 0.15) is 13.8 Å². The highest BCUT2D eigenvalue weighted by atomic mass is 16.7. The second-order valence-corrected chi connectivity index (χ2v) is 2.78. The molecule has 0 amide bonds. The van der Waals surface area contributed by atoms with Crippen molar-refractivity contribution in [3.05, 3.63) is 0 Å². The zero-order valence-corrected chi connectivity index (χ0v) is 7.96. The summed E-state index contributed by atoms with van der Waals surface area (Å²) >= 11 is 0. The van der Waals surface area contributed by atoms with Gasteiger partial charge in [0.1, 0.15) is 6.10 Å². The van der Waals surface area contributed by atoms with Gasteiger partial charge in [0, 0.05) is 21.3 Å². The van der Waals surface area contributed by atoms with E-state index < -0.39 is 0 Å². The summed E-state index contributed by atoms with van der Waals surface area (Å²) in [5.74, 6) is 0.393. The van der Waals surface area contributed by atoms with Crippen molar-refractivity contribution in [2.45, 2.75) is 26.2 Å². The summed E-state index contributed by atoms with van der Waals surface area (Å²) < 4.78 is 15.3. The maximum Gasteiger partial charge on any atom is 0.183 e. The van der Waals surface area contributed by atoms with E-state index in [1.54, 1.807) is 21.3 Å². The Labute approximate surface area is 68.6 Å². The Bertz CT molecular complexity index is 89.3. The normalized spacial score (nSPS) is 14.5. The van der Waals surface area contributed by atoms with Gasteiger partial charge in [-0.3, -0.25) is 0 Å². The molecular weight excluding hydrogens is 144 g/mol. The van der Waals surface area contributed by atoms with Crippen LogP contribution in [0.2, 0.25) is 0 Å². The molecular formula is C8H18O3. The minimum Gasteiger partial charge on any atom is -0.376 e. The molecule has 1 atom stereocenters. The van der Waals surface area contributed by atoms with Crippen molar-refractivity contribution in [2.24, 2.45) is 5.92 Å². The predicted molar refractivity (Wildman–Crippen MR) is 43.4 cm³/mol. The molecule has 68 valence electrons. The van der Waals surface area contributed by atoms with Crippen LogP contribution in [0.3, 0.4) is 0 Å². The van der Waals surface area contributed by atoms with E-state index in [2.05, 4.69) is 13.8 Å². The van der Waals surface area contributed by atoms with E-state index in [0.717, 1.165) is 0 Å². The quantitative estimate of drug-likeness (QED) is 0.570. The third-order valence-corrected chi connectivity index (χ3v) is 1.66. The van der Waals surface area contributed by atoms with Crippen molar-refractivity contribution >= 4 is 0 Å². The summed E-state index contributed by atoms with van der Waals surface area (Å²) in [5.41, 5.74) is 0. The summed E-state index contributed by atoms with van der Waals surface area (Å²) in [6.07, 6.45) is -0.259. The smallest absolute Gasteiger partial charge is 0.183 e. The molecule has 0 saturated heterocycles. The molecule has 0 aromatic carbocycles. The molecule has 0 aliphatic heterocycles. The molecule has 3 heteroatoms. The molecule has 0 rings (SSSR count). The lowest BCUT2D eigenvalue weighted by atomic mass is 10.1. The van der Waals surface area contributed by atoms with Gasteiger partial charge in [0.25, 0.3) is 0 Å². The Kier molecular flexibility index (Phi) is 5.46. The minimum atomic E-state index is -0.264. The van der Waals surface area contributed by atoms with Gasteiger partial charge >= 0.3 is 0 Å². The topological polar surface area (TPSA) is 27.7 Å². The van der Waals surface area contributed by atoms with Gasteiger partial charge in [0.2, 0.25) is 0 Å². The molecule has 1 unspecified atom stereocenters. The van der Waals surface area contributed by atoms with Crippen LogP contribution in [0.5, 0.6) is 0 Å². The van der Waals surface area contributed by atoms with Crippen molar-refractivity contribution in [1.29, 1.82) is 0 Å². The molecule has 0 aromatic heterocycles. The maximum atomic E-state index is 5.21. The van der Waals surface area contributed by atoms with Crippen LogP contribution in [0.15, 0.2) is 0 Å². The molecule has 3 nitrogen and oxygen atoms in total. The van der Waals surface area contributed by atoms with Crippen molar-refractivity contribution < 1.29 is 14.2 Å². The maximum absolute atomic E-state index is 5.21. The highest BCUT2D eigenvalue weighted by Gasteiger charge is 2.23. The zero-order chi connectivity index (χ0) is 8.85. The third kappa shape index (κ3) is 3.18. The summed E-state index contributed by atoms with van der Waals surface area (Å²) in [4.78, 5) is 0. The average molecular weight is 162 g/mol. The molecule has 0 N–H and O–H groups in total. The first-order valence-corrected chi connectivity index (χ1v) is 3.75. The second kappa shape index (κ2) is 5.52. The number of ether oxygens (including phenoxy) is 3. The van der Waals surface area contributed by atoms with Crippen LogP contribution in [-0.4, -0.2) is 33.7 Å². The lowest BCUT2D eigenvalue weighted by molar-refractivity contribution is -0.184. The summed E-state index contributed by atoms with van der Waals surface area (Å²) in [5, 5.41) is 0. The molecule has 0 saturated carbocycles. The standard InChI is InChI=1S/C8H18O3/c1-6(2)7(9-3)8(10-4)11-5/h6-8H,1-5H3. The first-order chi connectivity index (χ1) is 5.17. The Morgan fingerprint density at radius 2 is 1.27 bits per heavy atom. The lowest BCUT2D eigenvalue weighted by Gasteiger charge is -2.26. The molecule has 0 spiro atoms. The molecule has 0 fully saturated rings. The van der Waals surface area contributed by atoms with Crippen molar-refractivity contribution in [1.82, 2.24) is 0 Å². The van der Waals surface area contributed by atoms with E-state index in [0.29, 0.717) is 5.92 Å². The Morgan fingerprint density at radius 3 is 1.36 bits per heavy atom. The zero-order valence-electron chi connectivity index (χ0n) is 7.96. The van der Waals surface area contributed by atoms with Crippen LogP contribution in [0.4, 0.5) is 0 Å². The van der Waals surface area contributed by atoms with Gasteiger partial charge in [0.15, 0.2) is 6.29 Å². The Balaban J connectivity index is 3.98. The van der Waals surface area contributed by atoms with Gasteiger partial charge in [-0.1, -0.05) is 13.8 Å². The van der Waals surface area contributed by atoms with Gasteiger partial charge in [-0.2, -0.15) is 0 Å². The fourth-order valence-corrected chi connectivity index (χ4v) is 1.06. The fraction of sp³-hybridized carbons (Fsp3) is 1.00. The van der Waals surface area contributed by atoms with Crippen molar-refractivity contribution in [3.8, 4) is 0 Å². The first kappa shape index (κ1) is 10.9. The lowest BCUT2D eigenvalue weighted by Crippen LogP contribution is -2.35. The number of hydrogen-bond donors (Lipinski definition) is 0. The van der Waals surface area contributed by atoms with Crippen LogP contribution < -0.4 is 0 Å². The molecule has 11 heavy (non-hydrogen) atoms. The van der Waals surface area contributed by atoms with E-state index in [9.17, 15) is 0 Å². The minimum absolute atomic E-state index is 0.00463. The van der Waals surface area contributed by atoms with Crippen LogP contribution in [0.25, 0.3) is 0 Å². The van der Waals surface area contributed by atoms with Crippen LogP contribution >= 0.6 is 0 Å². The number of methoxy groups -OCH3 is 3. The third-order valence-electron chi connectivity index (χ3n) is 1.66. The van der Waals surface area contributed by atoms with Crippen molar-refractivity contribution in [2.75, 3.05) is 21.3 Å². The van der Waals surface area contributed by atoms with Gasteiger partial charge < -0.3 is 14.2 Å². The average Bonchev–Trinajstić information content (AvgIpc) is 1.99. The molecule has 0 aliphatic rings. The van der Waals surface area contributed by atoms with Gasteiger partial charge in [0.05, 0.1) is 0 Å². The molecule has 0 aliphatic carbocycles. The van der Waals surface area contributed by atoms with Gasteiger partial charge in [-0.15, -0.1) is 0 Å². The SMILES string of the molecule is COC(OC)C(OC)C(C)C. The summed E-state index contributed by atoms with van der Waals surface area (Å²) in [7, 11) is 4.89. The largest absolute Gasteiger partial charge is 0.376 e. The Hall–Kier alpha value is -0.120. The molecule has 0 bridgehead atoms. The number of rotatable bonds is 5. The van der Waals surface area contributed by atoms with Gasteiger partial charge in [-0.25, -0.2) is 0 Å².